The number of hydrogen-bond donors (Lipinski definition) is 1. The Hall–Kier alpha value is -2.34. The number of carbonyl (C=O) groups is 2. The van der Waals surface area contributed by atoms with Crippen molar-refractivity contribution in [3.63, 3.8) is 0 Å². The van der Waals surface area contributed by atoms with Gasteiger partial charge >= 0.3 is 12.1 Å². The zero-order chi connectivity index (χ0) is 17.4. The summed E-state index contributed by atoms with van der Waals surface area (Å²) in [7, 11) is 1.29. The summed E-state index contributed by atoms with van der Waals surface area (Å²) in [6.45, 7) is 0.138. The highest BCUT2D eigenvalue weighted by atomic mass is 79.9. The minimum atomic E-state index is -0.806. The molecule has 2 rings (SSSR count). The van der Waals surface area contributed by atoms with E-state index < -0.39 is 18.1 Å². The smallest absolute Gasteiger partial charge is 0.408 e. The molecular weight excluding hydrogens is 374 g/mol. The first-order valence-corrected chi connectivity index (χ1v) is 8.17. The molecule has 6 heteroatoms. The molecule has 0 saturated carbocycles. The summed E-state index contributed by atoms with van der Waals surface area (Å²) in [4.78, 5) is 23.8. The van der Waals surface area contributed by atoms with Crippen LogP contribution in [0.25, 0.3) is 0 Å². The van der Waals surface area contributed by atoms with Crippen molar-refractivity contribution < 1.29 is 19.1 Å². The molecule has 0 saturated heterocycles. The molecule has 0 aromatic heterocycles. The van der Waals surface area contributed by atoms with E-state index in [-0.39, 0.29) is 6.61 Å². The van der Waals surface area contributed by atoms with Gasteiger partial charge in [-0.3, -0.25) is 0 Å². The number of carbonyl (C=O) groups excluding carboxylic acids is 2. The zero-order valence-corrected chi connectivity index (χ0v) is 14.8. The van der Waals surface area contributed by atoms with E-state index in [4.69, 9.17) is 9.47 Å². The highest BCUT2D eigenvalue weighted by Crippen LogP contribution is 2.12. The van der Waals surface area contributed by atoms with Crippen LogP contribution in [0.2, 0.25) is 0 Å². The van der Waals surface area contributed by atoms with Gasteiger partial charge in [-0.25, -0.2) is 9.59 Å². The average molecular weight is 392 g/mol. The molecule has 0 fully saturated rings. The summed E-state index contributed by atoms with van der Waals surface area (Å²) in [5.41, 5.74) is 1.77. The van der Waals surface area contributed by atoms with Crippen LogP contribution in [0.3, 0.4) is 0 Å². The van der Waals surface area contributed by atoms with Crippen molar-refractivity contribution in [3.8, 4) is 0 Å². The Bertz CT molecular complexity index is 673. The maximum atomic E-state index is 11.9. The number of rotatable bonds is 6. The van der Waals surface area contributed by atoms with E-state index in [1.165, 1.54) is 7.11 Å². The quantitative estimate of drug-likeness (QED) is 0.765. The summed E-state index contributed by atoms with van der Waals surface area (Å²) in [5, 5.41) is 2.55. The van der Waals surface area contributed by atoms with Crippen LogP contribution in [0.5, 0.6) is 0 Å². The zero-order valence-electron chi connectivity index (χ0n) is 13.2. The number of nitrogens with one attached hydrogen (secondary N) is 1. The third kappa shape index (κ3) is 5.70. The van der Waals surface area contributed by atoms with Gasteiger partial charge < -0.3 is 14.8 Å². The normalized spacial score (nSPS) is 11.4. The first-order chi connectivity index (χ1) is 11.6. The number of alkyl carbamates (subject to hydrolysis) is 1. The van der Waals surface area contributed by atoms with Crippen LogP contribution in [-0.2, 0) is 27.3 Å². The van der Waals surface area contributed by atoms with E-state index in [1.54, 1.807) is 0 Å². The maximum absolute atomic E-state index is 11.9. The third-order valence-electron chi connectivity index (χ3n) is 3.34. The molecule has 0 radical (unpaired) electrons. The Morgan fingerprint density at radius 2 is 1.71 bits per heavy atom. The van der Waals surface area contributed by atoms with E-state index in [0.29, 0.717) is 6.42 Å². The fourth-order valence-electron chi connectivity index (χ4n) is 2.10. The lowest BCUT2D eigenvalue weighted by molar-refractivity contribution is -0.143. The van der Waals surface area contributed by atoms with Gasteiger partial charge in [0.2, 0.25) is 0 Å². The number of amides is 1. The van der Waals surface area contributed by atoms with Crippen LogP contribution in [0.15, 0.2) is 59.1 Å². The van der Waals surface area contributed by atoms with Crippen molar-refractivity contribution in [1.82, 2.24) is 5.32 Å². The summed E-state index contributed by atoms with van der Waals surface area (Å²) in [6, 6.07) is 16.0. The molecule has 24 heavy (non-hydrogen) atoms. The topological polar surface area (TPSA) is 64.6 Å². The molecule has 1 amide bonds. The second kappa shape index (κ2) is 9.08. The second-order valence-electron chi connectivity index (χ2n) is 5.11. The first kappa shape index (κ1) is 18.0. The van der Waals surface area contributed by atoms with Crippen LogP contribution >= 0.6 is 15.9 Å². The molecule has 5 nitrogen and oxygen atoms in total. The number of halogens is 1. The van der Waals surface area contributed by atoms with Gasteiger partial charge in [0.15, 0.2) is 0 Å². The standard InChI is InChI=1S/C18H18BrNO4/c1-23-17(21)16(11-13-7-9-15(19)10-8-13)20-18(22)24-12-14-5-3-2-4-6-14/h2-10,16H,11-12H2,1H3,(H,20,22)/t16-/m1/s1. The molecule has 0 aliphatic carbocycles. The molecule has 0 unspecified atom stereocenters. The van der Waals surface area contributed by atoms with Crippen LogP contribution in [-0.4, -0.2) is 25.2 Å². The fraction of sp³-hybridized carbons (Fsp3) is 0.222. The largest absolute Gasteiger partial charge is 0.467 e. The number of methoxy groups -OCH3 is 1. The van der Waals surface area contributed by atoms with Gasteiger partial charge in [0.1, 0.15) is 12.6 Å². The van der Waals surface area contributed by atoms with Crippen molar-refractivity contribution in [2.45, 2.75) is 19.1 Å². The molecule has 1 N–H and O–H groups in total. The van der Waals surface area contributed by atoms with Crippen LogP contribution < -0.4 is 5.32 Å². The van der Waals surface area contributed by atoms with Crippen molar-refractivity contribution in [2.24, 2.45) is 0 Å². The van der Waals surface area contributed by atoms with E-state index >= 15 is 0 Å². The van der Waals surface area contributed by atoms with Crippen molar-refractivity contribution in [2.75, 3.05) is 7.11 Å². The number of hydrogen-bond acceptors (Lipinski definition) is 4. The summed E-state index contributed by atoms with van der Waals surface area (Å²) in [6.07, 6.45) is -0.341. The molecule has 1 atom stereocenters. The minimum absolute atomic E-state index is 0.138. The monoisotopic (exact) mass is 391 g/mol. The number of esters is 1. The molecule has 0 bridgehead atoms. The van der Waals surface area contributed by atoms with Gasteiger partial charge in [0.05, 0.1) is 7.11 Å². The van der Waals surface area contributed by atoms with Crippen LogP contribution in [0.1, 0.15) is 11.1 Å². The molecular formula is C18H18BrNO4. The Morgan fingerprint density at radius 1 is 1.04 bits per heavy atom. The SMILES string of the molecule is COC(=O)[C@@H](Cc1ccc(Br)cc1)NC(=O)OCc1ccccc1. The van der Waals surface area contributed by atoms with Crippen LogP contribution in [0.4, 0.5) is 4.79 Å². The van der Waals surface area contributed by atoms with Gasteiger partial charge in [-0.05, 0) is 23.3 Å². The number of ether oxygens (including phenoxy) is 2. The summed E-state index contributed by atoms with van der Waals surface area (Å²) < 4.78 is 10.8. The Morgan fingerprint density at radius 3 is 2.33 bits per heavy atom. The van der Waals surface area contributed by atoms with Crippen molar-refractivity contribution in [1.29, 1.82) is 0 Å². The van der Waals surface area contributed by atoms with Crippen molar-refractivity contribution in [3.05, 3.63) is 70.2 Å². The summed E-state index contributed by atoms with van der Waals surface area (Å²) in [5.74, 6) is -0.519. The van der Waals surface area contributed by atoms with E-state index in [0.717, 1.165) is 15.6 Å². The average Bonchev–Trinajstić information content (AvgIpc) is 2.61. The van der Waals surface area contributed by atoms with Crippen molar-refractivity contribution >= 4 is 28.0 Å². The van der Waals surface area contributed by atoms with E-state index in [2.05, 4.69) is 21.2 Å². The molecule has 0 aliphatic rings. The molecule has 126 valence electrons. The molecule has 0 spiro atoms. The minimum Gasteiger partial charge on any atom is -0.467 e. The lowest BCUT2D eigenvalue weighted by Crippen LogP contribution is -2.43. The molecule has 0 aliphatic heterocycles. The Kier molecular flexibility index (Phi) is 6.81. The van der Waals surface area contributed by atoms with Crippen LogP contribution in [0, 0.1) is 0 Å². The molecule has 0 heterocycles. The van der Waals surface area contributed by atoms with Gasteiger partial charge in [0, 0.05) is 10.9 Å². The van der Waals surface area contributed by atoms with E-state index in [1.807, 2.05) is 54.6 Å². The highest BCUT2D eigenvalue weighted by Gasteiger charge is 2.22. The highest BCUT2D eigenvalue weighted by molar-refractivity contribution is 9.10. The van der Waals surface area contributed by atoms with Gasteiger partial charge in [-0.2, -0.15) is 0 Å². The maximum Gasteiger partial charge on any atom is 0.408 e. The molecule has 2 aromatic carbocycles. The van der Waals surface area contributed by atoms with Gasteiger partial charge in [-0.1, -0.05) is 58.4 Å². The Labute approximate surface area is 149 Å². The third-order valence-corrected chi connectivity index (χ3v) is 3.87. The van der Waals surface area contributed by atoms with Gasteiger partial charge in [-0.15, -0.1) is 0 Å². The fourth-order valence-corrected chi connectivity index (χ4v) is 2.36. The lowest BCUT2D eigenvalue weighted by Gasteiger charge is -2.16. The number of benzene rings is 2. The summed E-state index contributed by atoms with van der Waals surface area (Å²) >= 11 is 3.36. The second-order valence-corrected chi connectivity index (χ2v) is 6.03. The van der Waals surface area contributed by atoms with Gasteiger partial charge in [0.25, 0.3) is 0 Å². The molecule has 2 aromatic rings. The van der Waals surface area contributed by atoms with E-state index in [9.17, 15) is 9.59 Å². The first-order valence-electron chi connectivity index (χ1n) is 7.38. The Balaban J connectivity index is 1.93. The predicted molar refractivity (Wildman–Crippen MR) is 93.4 cm³/mol. The predicted octanol–water partition coefficient (Wildman–Crippen LogP) is 3.46. The lowest BCUT2D eigenvalue weighted by atomic mass is 10.1.